The molecular formula is C19H29N5OS2. The van der Waals surface area contributed by atoms with Crippen molar-refractivity contribution in [2.45, 2.75) is 39.2 Å². The number of carbonyl (C=O) groups excluding carboxylic acids is 1. The summed E-state index contributed by atoms with van der Waals surface area (Å²) in [6, 6.07) is 4.10. The third-order valence-corrected chi connectivity index (χ3v) is 5.94. The minimum Gasteiger partial charge on any atom is -0.356 e. The fourth-order valence-corrected chi connectivity index (χ4v) is 3.71. The highest BCUT2D eigenvalue weighted by atomic mass is 32.1. The molecule has 2 rings (SSSR count). The summed E-state index contributed by atoms with van der Waals surface area (Å²) in [7, 11) is 3.47. The van der Waals surface area contributed by atoms with E-state index < -0.39 is 0 Å². The number of aliphatic imine (C=N–C) groups is 1. The van der Waals surface area contributed by atoms with Crippen molar-refractivity contribution in [2.75, 3.05) is 27.2 Å². The van der Waals surface area contributed by atoms with E-state index in [2.05, 4.69) is 47.8 Å². The number of aromatic nitrogens is 1. The maximum atomic E-state index is 11.8. The summed E-state index contributed by atoms with van der Waals surface area (Å²) in [6.45, 7) is 8.04. The average molecular weight is 408 g/mol. The molecular weight excluding hydrogens is 378 g/mol. The van der Waals surface area contributed by atoms with Crippen molar-refractivity contribution in [1.29, 1.82) is 0 Å². The molecule has 0 radical (unpaired) electrons. The first-order valence-electron chi connectivity index (χ1n) is 8.95. The van der Waals surface area contributed by atoms with Crippen LogP contribution in [0.4, 0.5) is 0 Å². The molecule has 0 aliphatic rings. The second-order valence-corrected chi connectivity index (χ2v) is 9.35. The van der Waals surface area contributed by atoms with E-state index in [0.717, 1.165) is 17.1 Å². The summed E-state index contributed by atoms with van der Waals surface area (Å²) in [4.78, 5) is 23.7. The molecule has 0 aliphatic carbocycles. The van der Waals surface area contributed by atoms with Gasteiger partial charge < -0.3 is 15.5 Å². The van der Waals surface area contributed by atoms with Crippen LogP contribution < -0.4 is 10.6 Å². The van der Waals surface area contributed by atoms with E-state index in [9.17, 15) is 4.79 Å². The number of rotatable bonds is 7. The molecule has 2 N–H and O–H groups in total. The van der Waals surface area contributed by atoms with Crippen LogP contribution in [0.2, 0.25) is 0 Å². The highest BCUT2D eigenvalue weighted by Crippen LogP contribution is 2.25. The van der Waals surface area contributed by atoms with Gasteiger partial charge in [-0.05, 0) is 11.4 Å². The highest BCUT2D eigenvalue weighted by Gasteiger charge is 2.17. The lowest BCUT2D eigenvalue weighted by Gasteiger charge is -2.14. The van der Waals surface area contributed by atoms with E-state index in [1.54, 1.807) is 41.7 Å². The van der Waals surface area contributed by atoms with Gasteiger partial charge in [0.1, 0.15) is 6.54 Å². The van der Waals surface area contributed by atoms with Crippen molar-refractivity contribution < 1.29 is 4.79 Å². The number of likely N-dealkylation sites (N-methyl/N-ethyl adjacent to an activating group) is 1. The van der Waals surface area contributed by atoms with Crippen molar-refractivity contribution >= 4 is 34.5 Å². The molecule has 0 bridgehead atoms. The Morgan fingerprint density at radius 2 is 2.04 bits per heavy atom. The van der Waals surface area contributed by atoms with Gasteiger partial charge in [-0.25, -0.2) is 9.98 Å². The lowest BCUT2D eigenvalue weighted by atomic mass is 9.98. The van der Waals surface area contributed by atoms with E-state index >= 15 is 0 Å². The van der Waals surface area contributed by atoms with E-state index in [-0.39, 0.29) is 17.9 Å². The first-order chi connectivity index (χ1) is 12.8. The molecule has 6 nitrogen and oxygen atoms in total. The molecule has 2 aromatic heterocycles. The number of amides is 1. The minimum absolute atomic E-state index is 0.0263. The van der Waals surface area contributed by atoms with Gasteiger partial charge in [-0.3, -0.25) is 4.79 Å². The summed E-state index contributed by atoms with van der Waals surface area (Å²) >= 11 is 3.40. The van der Waals surface area contributed by atoms with Crippen LogP contribution in [0.25, 0.3) is 0 Å². The predicted molar refractivity (Wildman–Crippen MR) is 115 cm³/mol. The Hall–Kier alpha value is -1.93. The summed E-state index contributed by atoms with van der Waals surface area (Å²) in [5, 5.41) is 11.9. The number of carbonyl (C=O) groups is 1. The molecule has 0 saturated heterocycles. The van der Waals surface area contributed by atoms with Gasteiger partial charge in [-0.15, -0.1) is 22.7 Å². The Morgan fingerprint density at radius 3 is 2.63 bits per heavy atom. The molecule has 0 aromatic carbocycles. The van der Waals surface area contributed by atoms with E-state index in [1.807, 2.05) is 11.4 Å². The van der Waals surface area contributed by atoms with E-state index in [1.165, 1.54) is 4.88 Å². The van der Waals surface area contributed by atoms with Crippen LogP contribution in [0, 0.1) is 0 Å². The number of nitrogens with one attached hydrogen (secondary N) is 2. The largest absolute Gasteiger partial charge is 0.356 e. The number of hydrogen-bond acceptors (Lipinski definition) is 5. The van der Waals surface area contributed by atoms with Crippen LogP contribution in [-0.4, -0.2) is 48.9 Å². The molecule has 148 valence electrons. The van der Waals surface area contributed by atoms with Crippen LogP contribution in [0.5, 0.6) is 0 Å². The zero-order valence-corrected chi connectivity index (χ0v) is 18.3. The summed E-state index contributed by atoms with van der Waals surface area (Å²) in [5.74, 6) is 0.617. The van der Waals surface area contributed by atoms with E-state index in [0.29, 0.717) is 19.0 Å². The molecule has 0 saturated carbocycles. The molecule has 0 unspecified atom stereocenters. The van der Waals surface area contributed by atoms with E-state index in [4.69, 9.17) is 4.98 Å². The van der Waals surface area contributed by atoms with Crippen molar-refractivity contribution in [2.24, 2.45) is 4.99 Å². The Balaban J connectivity index is 1.91. The smallest absolute Gasteiger partial charge is 0.243 e. The van der Waals surface area contributed by atoms with Crippen LogP contribution in [0.3, 0.4) is 0 Å². The molecule has 1 amide bonds. The molecule has 2 heterocycles. The molecule has 0 aliphatic heterocycles. The van der Waals surface area contributed by atoms with Crippen LogP contribution in [0.15, 0.2) is 27.9 Å². The number of thiophene rings is 1. The Bertz CT molecular complexity index is 744. The lowest BCUT2D eigenvalue weighted by Crippen LogP contribution is -2.39. The molecule has 0 spiro atoms. The van der Waals surface area contributed by atoms with Gasteiger partial charge >= 0.3 is 0 Å². The molecule has 8 heteroatoms. The van der Waals surface area contributed by atoms with Crippen LogP contribution in [-0.2, 0) is 23.2 Å². The number of guanidine groups is 1. The first-order valence-corrected chi connectivity index (χ1v) is 10.7. The third kappa shape index (κ3) is 7.30. The van der Waals surface area contributed by atoms with Gasteiger partial charge in [0, 0.05) is 42.7 Å². The average Bonchev–Trinajstić information content (AvgIpc) is 3.27. The van der Waals surface area contributed by atoms with Crippen LogP contribution in [0.1, 0.15) is 36.3 Å². The zero-order chi connectivity index (χ0) is 19.9. The summed E-state index contributed by atoms with van der Waals surface area (Å²) < 4.78 is 0. The van der Waals surface area contributed by atoms with Gasteiger partial charge in [-0.1, -0.05) is 26.8 Å². The van der Waals surface area contributed by atoms with Gasteiger partial charge in [-0.2, -0.15) is 0 Å². The third-order valence-electron chi connectivity index (χ3n) is 3.75. The minimum atomic E-state index is -0.0263. The first kappa shape index (κ1) is 21.4. The van der Waals surface area contributed by atoms with Crippen molar-refractivity contribution in [3.63, 3.8) is 0 Å². The van der Waals surface area contributed by atoms with Gasteiger partial charge in [0.05, 0.1) is 17.2 Å². The quantitative estimate of drug-likeness (QED) is 0.547. The number of hydrogen-bond donors (Lipinski definition) is 2. The maximum Gasteiger partial charge on any atom is 0.243 e. The van der Waals surface area contributed by atoms with Crippen LogP contribution >= 0.6 is 22.7 Å². The van der Waals surface area contributed by atoms with Gasteiger partial charge in [0.15, 0.2) is 5.96 Å². The second-order valence-electron chi connectivity index (χ2n) is 7.46. The zero-order valence-electron chi connectivity index (χ0n) is 16.7. The summed E-state index contributed by atoms with van der Waals surface area (Å²) in [6.07, 6.45) is 0.813. The Kier molecular flexibility index (Phi) is 7.79. The Morgan fingerprint density at radius 1 is 1.26 bits per heavy atom. The lowest BCUT2D eigenvalue weighted by molar-refractivity contribution is -0.127. The van der Waals surface area contributed by atoms with Gasteiger partial charge in [0.25, 0.3) is 0 Å². The standard InChI is InChI=1S/C19H29N5OS2/c1-19(2,3)17-23-14(13-27-17)8-9-20-18(22-12-16(25)24(4)5)21-11-15-7-6-10-26-15/h6-7,10,13H,8-9,11-12H2,1-5H3,(H2,20,21,22). The van der Waals surface area contributed by atoms with Crippen molar-refractivity contribution in [1.82, 2.24) is 20.5 Å². The van der Waals surface area contributed by atoms with Gasteiger partial charge in [0.2, 0.25) is 5.91 Å². The second kappa shape index (κ2) is 9.85. The van der Waals surface area contributed by atoms with Crippen molar-refractivity contribution in [3.8, 4) is 0 Å². The van der Waals surface area contributed by atoms with Crippen molar-refractivity contribution in [3.05, 3.63) is 38.5 Å². The molecule has 0 atom stereocenters. The summed E-state index contributed by atoms with van der Waals surface area (Å²) in [5.41, 5.74) is 1.16. The normalized spacial score (nSPS) is 12.1. The fourth-order valence-electron chi connectivity index (χ4n) is 2.12. The fraction of sp³-hybridized carbons (Fsp3) is 0.526. The monoisotopic (exact) mass is 407 g/mol. The predicted octanol–water partition coefficient (Wildman–Crippen LogP) is 2.87. The molecule has 27 heavy (non-hydrogen) atoms. The Labute approximate surface area is 169 Å². The SMILES string of the molecule is CN(C)C(=O)CN=C(NCCc1csc(C(C)(C)C)n1)NCc1cccs1. The number of thiazole rings is 1. The topological polar surface area (TPSA) is 69.6 Å². The molecule has 2 aromatic rings. The molecule has 0 fully saturated rings. The maximum absolute atomic E-state index is 11.8. The highest BCUT2D eigenvalue weighted by molar-refractivity contribution is 7.10. The number of nitrogens with zero attached hydrogens (tertiary/aromatic N) is 3.